The number of benzene rings is 1. The summed E-state index contributed by atoms with van der Waals surface area (Å²) in [6.45, 7) is 14.1. The number of thiophene rings is 1. The van der Waals surface area contributed by atoms with Crippen LogP contribution in [0.3, 0.4) is 0 Å². The molecule has 1 aliphatic carbocycles. The first-order valence-corrected chi connectivity index (χ1v) is 17.4. The van der Waals surface area contributed by atoms with Crippen LogP contribution in [0.5, 0.6) is 0 Å². The van der Waals surface area contributed by atoms with Crippen LogP contribution >= 0.6 is 11.3 Å². The molecule has 206 valence electrons. The van der Waals surface area contributed by atoms with E-state index < -0.39 is 8.32 Å². The summed E-state index contributed by atoms with van der Waals surface area (Å²) < 4.78 is 14.2. The number of nitrogens with one attached hydrogen (secondary N) is 2. The summed E-state index contributed by atoms with van der Waals surface area (Å²) >= 11 is 1.38. The number of hydrogen-bond acceptors (Lipinski definition) is 7. The molecular weight excluding hydrogens is 527 g/mol. The molecule has 2 aliphatic rings. The van der Waals surface area contributed by atoms with Gasteiger partial charge in [-0.05, 0) is 79.2 Å². The number of fused-ring (bicyclic) bond motifs is 1. The van der Waals surface area contributed by atoms with Gasteiger partial charge >= 0.3 is 0 Å². The quantitative estimate of drug-likeness (QED) is 0.239. The van der Waals surface area contributed by atoms with Crippen molar-refractivity contribution in [1.82, 2.24) is 19.9 Å². The highest BCUT2D eigenvalue weighted by atomic mass is 32.1. The number of carbonyl (C=O) groups excluding carboxylic acids is 1. The highest BCUT2D eigenvalue weighted by Crippen LogP contribution is 2.53. The maximum absolute atomic E-state index is 13.4. The SMILES string of the molecule is CC(C)(C)[Si](C)(C)OCc1ccc2nc(NC(=O)c3ccc(-c4cnco4)s3)n(C3CC4(CCNC4)C3)c2c1. The zero-order valence-electron chi connectivity index (χ0n) is 23.3. The predicted molar refractivity (Wildman–Crippen MR) is 158 cm³/mol. The summed E-state index contributed by atoms with van der Waals surface area (Å²) in [4.78, 5) is 23.7. The maximum atomic E-state index is 13.4. The molecule has 1 amide bonds. The largest absolute Gasteiger partial charge is 0.443 e. The van der Waals surface area contributed by atoms with Crippen molar-refractivity contribution in [3.63, 3.8) is 0 Å². The number of hydrogen-bond donors (Lipinski definition) is 2. The normalized spacial score (nSPS) is 21.5. The van der Waals surface area contributed by atoms with Crippen molar-refractivity contribution in [2.75, 3.05) is 18.4 Å². The van der Waals surface area contributed by atoms with Gasteiger partial charge in [0.05, 0.1) is 33.6 Å². The van der Waals surface area contributed by atoms with Crippen molar-refractivity contribution in [2.24, 2.45) is 5.41 Å². The van der Waals surface area contributed by atoms with Crippen LogP contribution in [0.15, 0.2) is 47.3 Å². The first-order valence-electron chi connectivity index (χ1n) is 13.7. The summed E-state index contributed by atoms with van der Waals surface area (Å²) in [5.74, 6) is 1.10. The van der Waals surface area contributed by atoms with Crippen molar-refractivity contribution in [3.05, 3.63) is 53.4 Å². The molecule has 0 atom stereocenters. The van der Waals surface area contributed by atoms with E-state index in [1.165, 1.54) is 24.2 Å². The van der Waals surface area contributed by atoms with Gasteiger partial charge in [-0.2, -0.15) is 0 Å². The van der Waals surface area contributed by atoms with Gasteiger partial charge in [-0.3, -0.25) is 10.1 Å². The lowest BCUT2D eigenvalue weighted by Crippen LogP contribution is -2.40. The second kappa shape index (κ2) is 9.69. The molecule has 0 unspecified atom stereocenters. The van der Waals surface area contributed by atoms with Gasteiger partial charge in [-0.25, -0.2) is 9.97 Å². The number of anilines is 1. The summed E-state index contributed by atoms with van der Waals surface area (Å²) in [6, 6.07) is 10.4. The van der Waals surface area contributed by atoms with Gasteiger partial charge in [-0.15, -0.1) is 11.3 Å². The molecule has 4 heterocycles. The van der Waals surface area contributed by atoms with Gasteiger partial charge in [0.1, 0.15) is 0 Å². The first-order chi connectivity index (χ1) is 18.5. The number of amides is 1. The van der Waals surface area contributed by atoms with Gasteiger partial charge in [0.25, 0.3) is 5.91 Å². The number of aromatic nitrogens is 3. The minimum Gasteiger partial charge on any atom is -0.443 e. The van der Waals surface area contributed by atoms with E-state index in [1.54, 1.807) is 6.20 Å². The molecule has 1 spiro atoms. The lowest BCUT2D eigenvalue weighted by Gasteiger charge is -2.46. The van der Waals surface area contributed by atoms with E-state index in [0.29, 0.717) is 34.6 Å². The number of rotatable bonds is 7. The monoisotopic (exact) mass is 563 g/mol. The third kappa shape index (κ3) is 4.99. The van der Waals surface area contributed by atoms with Crippen molar-refractivity contribution in [1.29, 1.82) is 0 Å². The molecule has 8 nitrogen and oxygen atoms in total. The molecule has 1 aromatic carbocycles. The molecule has 0 bridgehead atoms. The van der Waals surface area contributed by atoms with Gasteiger partial charge in [0.15, 0.2) is 20.5 Å². The molecule has 10 heteroatoms. The molecular formula is C29H37N5O3SSi. The highest BCUT2D eigenvalue weighted by Gasteiger charge is 2.47. The Kier molecular flexibility index (Phi) is 6.57. The Morgan fingerprint density at radius 2 is 2.10 bits per heavy atom. The number of nitrogens with zero attached hydrogens (tertiary/aromatic N) is 3. The fourth-order valence-electron chi connectivity index (χ4n) is 5.53. The van der Waals surface area contributed by atoms with E-state index in [1.807, 2.05) is 12.1 Å². The smallest absolute Gasteiger partial charge is 0.268 e. The highest BCUT2D eigenvalue weighted by molar-refractivity contribution is 7.17. The van der Waals surface area contributed by atoms with Crippen molar-refractivity contribution in [2.45, 2.75) is 70.8 Å². The minimum atomic E-state index is -1.88. The van der Waals surface area contributed by atoms with Crippen LogP contribution in [0.2, 0.25) is 18.1 Å². The lowest BCUT2D eigenvalue weighted by molar-refractivity contribution is 0.0873. The average Bonchev–Trinajstić information content (AvgIpc) is 3.66. The molecule has 2 N–H and O–H groups in total. The molecule has 1 saturated carbocycles. The molecule has 6 rings (SSSR count). The van der Waals surface area contributed by atoms with Crippen molar-refractivity contribution < 1.29 is 13.6 Å². The summed E-state index contributed by atoms with van der Waals surface area (Å²) in [5.41, 5.74) is 3.45. The van der Waals surface area contributed by atoms with Gasteiger partial charge in [0, 0.05) is 12.6 Å². The number of carbonyl (C=O) groups is 1. The number of oxazole rings is 1. The van der Waals surface area contributed by atoms with Gasteiger partial charge < -0.3 is 18.7 Å². The molecule has 3 aromatic heterocycles. The molecule has 39 heavy (non-hydrogen) atoms. The molecule has 0 radical (unpaired) electrons. The maximum Gasteiger partial charge on any atom is 0.268 e. The summed E-state index contributed by atoms with van der Waals surface area (Å²) in [6.07, 6.45) is 6.45. The van der Waals surface area contributed by atoms with Crippen LogP contribution in [0.4, 0.5) is 5.95 Å². The fraction of sp³-hybridized carbons (Fsp3) is 0.483. The van der Waals surface area contributed by atoms with Crippen LogP contribution < -0.4 is 10.6 Å². The Morgan fingerprint density at radius 3 is 2.79 bits per heavy atom. The Labute approximate surface area is 234 Å². The fourth-order valence-corrected chi connectivity index (χ4v) is 7.34. The van der Waals surface area contributed by atoms with E-state index >= 15 is 0 Å². The standard InChI is InChI=1S/C29H37N5O3SSi/c1-28(2,3)39(4,5)37-16-19-6-7-21-22(12-19)34(20-13-29(14-20)10-11-30-17-29)27(32-21)33-26(35)25-9-8-24(38-25)23-15-31-18-36-23/h6-9,12,15,18,20,30H,10-11,13-14,16-17H2,1-5H3,(H,32,33,35). The molecule has 2 fully saturated rings. The third-order valence-corrected chi connectivity index (χ3v) is 14.5. The zero-order chi connectivity index (χ0) is 27.4. The zero-order valence-corrected chi connectivity index (χ0v) is 25.2. The topological polar surface area (TPSA) is 94.2 Å². The summed E-state index contributed by atoms with van der Waals surface area (Å²) in [7, 11) is -1.88. The van der Waals surface area contributed by atoms with Crippen molar-refractivity contribution >= 4 is 42.5 Å². The third-order valence-electron chi connectivity index (χ3n) is 8.92. The minimum absolute atomic E-state index is 0.154. The van der Waals surface area contributed by atoms with Gasteiger partial charge in [0.2, 0.25) is 5.95 Å². The first kappa shape index (κ1) is 26.4. The van der Waals surface area contributed by atoms with E-state index in [-0.39, 0.29) is 10.9 Å². The average molecular weight is 564 g/mol. The van der Waals surface area contributed by atoms with E-state index in [9.17, 15) is 4.79 Å². The Morgan fingerprint density at radius 1 is 1.28 bits per heavy atom. The van der Waals surface area contributed by atoms with Crippen LogP contribution in [-0.4, -0.2) is 41.8 Å². The molecule has 1 aliphatic heterocycles. The van der Waals surface area contributed by atoms with Crippen molar-refractivity contribution in [3.8, 4) is 10.6 Å². The van der Waals surface area contributed by atoms with Gasteiger partial charge in [-0.1, -0.05) is 26.8 Å². The Bertz CT molecular complexity index is 1490. The van der Waals surface area contributed by atoms with E-state index in [2.05, 4.69) is 72.2 Å². The lowest BCUT2D eigenvalue weighted by atomic mass is 9.65. The second-order valence-electron chi connectivity index (χ2n) is 12.7. The van der Waals surface area contributed by atoms with Crippen LogP contribution in [0, 0.1) is 5.41 Å². The number of imidazole rings is 1. The van der Waals surface area contributed by atoms with Crippen LogP contribution in [0.1, 0.15) is 61.3 Å². The van der Waals surface area contributed by atoms with E-state index in [4.69, 9.17) is 13.8 Å². The molecule has 4 aromatic rings. The Balaban J connectivity index is 1.29. The Hall–Kier alpha value is -2.79. The van der Waals surface area contributed by atoms with E-state index in [0.717, 1.165) is 47.4 Å². The predicted octanol–water partition coefficient (Wildman–Crippen LogP) is 6.84. The second-order valence-corrected chi connectivity index (χ2v) is 18.5. The van der Waals surface area contributed by atoms with Crippen LogP contribution in [-0.2, 0) is 11.0 Å². The molecule has 1 saturated heterocycles. The summed E-state index contributed by atoms with van der Waals surface area (Å²) in [5, 5.41) is 6.82. The van der Waals surface area contributed by atoms with Crippen LogP contribution in [0.25, 0.3) is 21.7 Å².